The molecule has 1 heterocycles. The minimum absolute atomic E-state index is 0.0848. The number of sulfone groups is 1. The van der Waals surface area contributed by atoms with Crippen LogP contribution in [0.25, 0.3) is 0 Å². The fraction of sp³-hybridized carbons (Fsp3) is 0.211. The third-order valence-corrected chi connectivity index (χ3v) is 5.34. The van der Waals surface area contributed by atoms with E-state index in [1.165, 1.54) is 5.41 Å². The van der Waals surface area contributed by atoms with E-state index in [2.05, 4.69) is 0 Å². The van der Waals surface area contributed by atoms with Crippen molar-refractivity contribution in [2.24, 2.45) is 0 Å². The summed E-state index contributed by atoms with van der Waals surface area (Å²) in [6, 6.07) is 14.3. The average molecular weight is 341 g/mol. The van der Waals surface area contributed by atoms with E-state index in [0.29, 0.717) is 11.3 Å². The van der Waals surface area contributed by atoms with Crippen LogP contribution in [0.5, 0.6) is 0 Å². The monoisotopic (exact) mass is 341 g/mol. The van der Waals surface area contributed by atoms with E-state index in [1.807, 2.05) is 38.1 Å². The van der Waals surface area contributed by atoms with E-state index in [1.54, 1.807) is 35.2 Å². The van der Waals surface area contributed by atoms with E-state index in [4.69, 9.17) is 0 Å². The molecule has 1 unspecified atom stereocenters. The fourth-order valence-corrected chi connectivity index (χ4v) is 4.26. The van der Waals surface area contributed by atoms with Crippen LogP contribution in [0.1, 0.15) is 21.5 Å². The quantitative estimate of drug-likeness (QED) is 0.861. The largest absolute Gasteiger partial charge is 0.300 e. The second-order valence-electron chi connectivity index (χ2n) is 6.11. The highest BCUT2D eigenvalue weighted by Gasteiger charge is 2.32. The summed E-state index contributed by atoms with van der Waals surface area (Å²) in [4.78, 5) is 14.6. The van der Waals surface area contributed by atoms with Crippen molar-refractivity contribution in [1.29, 1.82) is 0 Å². The molecule has 0 aromatic heterocycles. The normalized spacial score (nSPS) is 18.5. The molecule has 2 aromatic carbocycles. The minimum Gasteiger partial charge on any atom is -0.300 e. The van der Waals surface area contributed by atoms with E-state index in [-0.39, 0.29) is 11.7 Å². The van der Waals surface area contributed by atoms with E-state index >= 15 is 0 Å². The van der Waals surface area contributed by atoms with Gasteiger partial charge in [0.2, 0.25) is 0 Å². The average Bonchev–Trinajstić information content (AvgIpc) is 2.87. The van der Waals surface area contributed by atoms with Crippen molar-refractivity contribution in [2.45, 2.75) is 19.9 Å². The molecular weight excluding hydrogens is 322 g/mol. The van der Waals surface area contributed by atoms with Crippen molar-refractivity contribution in [2.75, 3.05) is 10.7 Å². The van der Waals surface area contributed by atoms with Gasteiger partial charge in [-0.05, 0) is 55.3 Å². The highest BCUT2D eigenvalue weighted by atomic mass is 32.2. The van der Waals surface area contributed by atoms with Gasteiger partial charge in [-0.25, -0.2) is 8.42 Å². The number of aryl methyl sites for hydroxylation is 2. The lowest BCUT2D eigenvalue weighted by molar-refractivity contribution is 0.0983. The molecule has 2 aromatic rings. The Morgan fingerprint density at radius 1 is 1.04 bits per heavy atom. The van der Waals surface area contributed by atoms with Crippen molar-refractivity contribution >= 4 is 21.4 Å². The number of nitrogens with zero attached hydrogens (tertiary/aromatic N) is 1. The second-order valence-corrected chi connectivity index (χ2v) is 8.04. The Bertz CT molecular complexity index is 881. The highest BCUT2D eigenvalue weighted by Crippen LogP contribution is 2.27. The van der Waals surface area contributed by atoms with Gasteiger partial charge in [-0.15, -0.1) is 0 Å². The van der Waals surface area contributed by atoms with Crippen LogP contribution in [0.3, 0.4) is 0 Å². The van der Waals surface area contributed by atoms with Crippen LogP contribution in [-0.2, 0) is 9.84 Å². The molecule has 0 spiro atoms. The van der Waals surface area contributed by atoms with Gasteiger partial charge in [-0.2, -0.15) is 0 Å². The van der Waals surface area contributed by atoms with Crippen molar-refractivity contribution < 1.29 is 13.2 Å². The summed E-state index contributed by atoms with van der Waals surface area (Å²) in [5, 5.41) is 1.20. The van der Waals surface area contributed by atoms with Crippen LogP contribution < -0.4 is 4.90 Å². The zero-order valence-electron chi connectivity index (χ0n) is 13.6. The molecule has 0 saturated carbocycles. The van der Waals surface area contributed by atoms with Crippen molar-refractivity contribution in [3.05, 3.63) is 76.7 Å². The lowest BCUT2D eigenvalue weighted by atomic mass is 10.1. The number of amides is 1. The molecular formula is C19H19NO3S. The predicted octanol–water partition coefficient (Wildman–Crippen LogP) is 3.26. The van der Waals surface area contributed by atoms with Crippen molar-refractivity contribution in [3.63, 3.8) is 0 Å². The number of carbonyl (C=O) groups excluding carboxylic acids is 1. The zero-order chi connectivity index (χ0) is 17.3. The zero-order valence-corrected chi connectivity index (χ0v) is 14.5. The van der Waals surface area contributed by atoms with Crippen molar-refractivity contribution in [3.8, 4) is 0 Å². The summed E-state index contributed by atoms with van der Waals surface area (Å²) in [6.07, 6.45) is 1.59. The molecule has 0 aliphatic carbocycles. The summed E-state index contributed by atoms with van der Waals surface area (Å²) in [5.74, 6) is -0.286. The molecule has 1 atom stereocenters. The third-order valence-electron chi connectivity index (χ3n) is 3.97. The summed E-state index contributed by atoms with van der Waals surface area (Å²) >= 11 is 0. The molecule has 3 rings (SSSR count). The molecule has 0 fully saturated rings. The van der Waals surface area contributed by atoms with Gasteiger partial charge in [-0.1, -0.05) is 24.3 Å². The van der Waals surface area contributed by atoms with Crippen LogP contribution in [0, 0.1) is 13.8 Å². The molecule has 0 radical (unpaired) electrons. The van der Waals surface area contributed by atoms with Gasteiger partial charge in [0.1, 0.15) is 0 Å². The molecule has 124 valence electrons. The number of hydrogen-bond donors (Lipinski definition) is 0. The molecule has 1 amide bonds. The molecule has 1 aliphatic heterocycles. The smallest absolute Gasteiger partial charge is 0.258 e. The van der Waals surface area contributed by atoms with Gasteiger partial charge in [0.15, 0.2) is 9.84 Å². The first-order valence-corrected chi connectivity index (χ1v) is 9.45. The van der Waals surface area contributed by atoms with E-state index < -0.39 is 15.9 Å². The van der Waals surface area contributed by atoms with Gasteiger partial charge in [0, 0.05) is 16.7 Å². The van der Waals surface area contributed by atoms with Gasteiger partial charge < -0.3 is 4.90 Å². The first-order chi connectivity index (χ1) is 11.4. The van der Waals surface area contributed by atoms with Crippen LogP contribution in [0.4, 0.5) is 5.69 Å². The summed E-state index contributed by atoms with van der Waals surface area (Å²) in [7, 11) is -3.26. The maximum atomic E-state index is 13.1. The summed E-state index contributed by atoms with van der Waals surface area (Å²) < 4.78 is 23.7. The maximum Gasteiger partial charge on any atom is 0.258 e. The van der Waals surface area contributed by atoms with Crippen LogP contribution in [0.2, 0.25) is 0 Å². The Labute approximate surface area is 142 Å². The van der Waals surface area contributed by atoms with Crippen LogP contribution >= 0.6 is 0 Å². The third kappa shape index (κ3) is 3.41. The number of anilines is 1. The Balaban J connectivity index is 2.08. The number of rotatable bonds is 3. The summed E-state index contributed by atoms with van der Waals surface area (Å²) in [6.45, 7) is 3.92. The fourth-order valence-electron chi connectivity index (χ4n) is 2.99. The van der Waals surface area contributed by atoms with Gasteiger partial charge in [-0.3, -0.25) is 4.79 Å². The molecule has 0 saturated heterocycles. The lowest BCUT2D eigenvalue weighted by Gasteiger charge is -2.28. The number of hydrogen-bond acceptors (Lipinski definition) is 3. The van der Waals surface area contributed by atoms with E-state index in [9.17, 15) is 13.2 Å². The first-order valence-electron chi connectivity index (χ1n) is 7.73. The molecule has 0 bridgehead atoms. The lowest BCUT2D eigenvalue weighted by Crippen LogP contribution is -2.41. The molecule has 1 aliphatic rings. The SMILES string of the molecule is Cc1cc(C)cc(N(C(=O)c2ccccc2)C2C=CS(=O)(=O)C2)c1. The Hall–Kier alpha value is -2.40. The highest BCUT2D eigenvalue weighted by molar-refractivity contribution is 7.94. The molecule has 24 heavy (non-hydrogen) atoms. The van der Waals surface area contributed by atoms with Gasteiger partial charge in [0.05, 0.1) is 11.8 Å². The molecule has 5 heteroatoms. The van der Waals surface area contributed by atoms with Gasteiger partial charge in [0.25, 0.3) is 5.91 Å². The Morgan fingerprint density at radius 2 is 1.67 bits per heavy atom. The molecule has 4 nitrogen and oxygen atoms in total. The standard InChI is InChI=1S/C19H19NO3S/c1-14-10-15(2)12-18(11-14)20(17-8-9-24(22,23)13-17)19(21)16-6-4-3-5-7-16/h3-12,17H,13H2,1-2H3. The Morgan fingerprint density at radius 3 is 2.21 bits per heavy atom. The minimum atomic E-state index is -3.26. The Kier molecular flexibility index (Phi) is 4.28. The topological polar surface area (TPSA) is 54.5 Å². The predicted molar refractivity (Wildman–Crippen MR) is 95.9 cm³/mol. The van der Waals surface area contributed by atoms with E-state index in [0.717, 1.165) is 11.1 Å². The maximum absolute atomic E-state index is 13.1. The molecule has 0 N–H and O–H groups in total. The van der Waals surface area contributed by atoms with Crippen LogP contribution in [-0.4, -0.2) is 26.1 Å². The summed E-state index contributed by atoms with van der Waals surface area (Å²) in [5.41, 5.74) is 3.31. The van der Waals surface area contributed by atoms with Crippen molar-refractivity contribution in [1.82, 2.24) is 0 Å². The first kappa shape index (κ1) is 16.5. The number of benzene rings is 2. The second kappa shape index (κ2) is 6.24. The van der Waals surface area contributed by atoms with Gasteiger partial charge >= 0.3 is 0 Å². The van der Waals surface area contributed by atoms with Crippen LogP contribution in [0.15, 0.2) is 60.0 Å². The number of carbonyl (C=O) groups is 1.